The maximum Gasteiger partial charge on any atom is 0.123 e. The quantitative estimate of drug-likeness (QED) is 0.496. The number of rotatable bonds is 9. The van der Waals surface area contributed by atoms with Gasteiger partial charge in [-0.1, -0.05) is 11.6 Å². The number of nitrogens with two attached hydrogens (primary N) is 1. The molecule has 1 saturated carbocycles. The number of aliphatic hydroxyl groups is 1. The van der Waals surface area contributed by atoms with Crippen molar-refractivity contribution >= 4 is 28.7 Å². The molecule has 1 fully saturated rings. The summed E-state index contributed by atoms with van der Waals surface area (Å²) >= 11 is 5.72. The maximum absolute atomic E-state index is 13.5. The SMILES string of the molecule is C[C@@H](O)c1cc(F)ccc1/C(=C/C(=N)Cl)NCC(C=NCC1CC1)=CN. The lowest BCUT2D eigenvalue weighted by atomic mass is 10.00. The van der Waals surface area contributed by atoms with Crippen molar-refractivity contribution in [3.05, 3.63) is 53.0 Å². The zero-order valence-electron chi connectivity index (χ0n) is 14.7. The predicted molar refractivity (Wildman–Crippen MR) is 105 cm³/mol. The Hall–Kier alpha value is -2.18. The molecule has 26 heavy (non-hydrogen) atoms. The first kappa shape index (κ1) is 20.1. The van der Waals surface area contributed by atoms with Crippen molar-refractivity contribution in [3.63, 3.8) is 0 Å². The summed E-state index contributed by atoms with van der Waals surface area (Å²) < 4.78 is 13.5. The molecule has 7 heteroatoms. The average molecular weight is 379 g/mol. The van der Waals surface area contributed by atoms with Crippen molar-refractivity contribution in [1.82, 2.24) is 5.32 Å². The monoisotopic (exact) mass is 378 g/mol. The van der Waals surface area contributed by atoms with Crippen LogP contribution in [0.3, 0.4) is 0 Å². The van der Waals surface area contributed by atoms with Crippen LogP contribution < -0.4 is 11.1 Å². The molecule has 1 aromatic rings. The lowest BCUT2D eigenvalue weighted by molar-refractivity contribution is 0.198. The molecule has 0 saturated heterocycles. The summed E-state index contributed by atoms with van der Waals surface area (Å²) in [5.74, 6) is 0.248. The van der Waals surface area contributed by atoms with Crippen molar-refractivity contribution in [2.75, 3.05) is 13.1 Å². The van der Waals surface area contributed by atoms with Crippen LogP contribution in [0.2, 0.25) is 0 Å². The van der Waals surface area contributed by atoms with Gasteiger partial charge in [-0.05, 0) is 55.5 Å². The van der Waals surface area contributed by atoms with Crippen LogP contribution in [0.15, 0.2) is 41.0 Å². The van der Waals surface area contributed by atoms with Gasteiger partial charge in [0.25, 0.3) is 0 Å². The van der Waals surface area contributed by atoms with Crippen LogP contribution in [0, 0.1) is 17.1 Å². The van der Waals surface area contributed by atoms with Gasteiger partial charge in [0.15, 0.2) is 0 Å². The first-order chi connectivity index (χ1) is 12.4. The fourth-order valence-corrected chi connectivity index (χ4v) is 2.55. The van der Waals surface area contributed by atoms with Crippen LogP contribution in [0.4, 0.5) is 4.39 Å². The van der Waals surface area contributed by atoms with Crippen LogP contribution in [0.1, 0.15) is 37.0 Å². The molecule has 1 atom stereocenters. The van der Waals surface area contributed by atoms with Gasteiger partial charge in [0, 0.05) is 42.3 Å². The van der Waals surface area contributed by atoms with Crippen molar-refractivity contribution in [2.45, 2.75) is 25.9 Å². The number of nitrogens with one attached hydrogen (secondary N) is 2. The minimum Gasteiger partial charge on any atom is -0.404 e. The van der Waals surface area contributed by atoms with Gasteiger partial charge in [-0.15, -0.1) is 0 Å². The first-order valence-electron chi connectivity index (χ1n) is 8.48. The number of halogens is 2. The second-order valence-electron chi connectivity index (χ2n) is 6.35. The van der Waals surface area contributed by atoms with E-state index in [-0.39, 0.29) is 5.17 Å². The normalized spacial score (nSPS) is 16.8. The lowest BCUT2D eigenvalue weighted by Crippen LogP contribution is -2.19. The molecule has 0 radical (unpaired) electrons. The summed E-state index contributed by atoms with van der Waals surface area (Å²) in [5.41, 5.74) is 7.90. The van der Waals surface area contributed by atoms with E-state index in [0.29, 0.717) is 29.3 Å². The Morgan fingerprint density at radius 3 is 2.85 bits per heavy atom. The minimum absolute atomic E-state index is 0.186. The Balaban J connectivity index is 2.17. The molecule has 1 aromatic carbocycles. The lowest BCUT2D eigenvalue weighted by Gasteiger charge is -2.17. The van der Waals surface area contributed by atoms with E-state index in [1.807, 2.05) is 0 Å². The molecule has 1 aliphatic carbocycles. The Labute approximate surface area is 158 Å². The number of aliphatic imine (C=N–C) groups is 1. The van der Waals surface area contributed by atoms with E-state index < -0.39 is 11.9 Å². The van der Waals surface area contributed by atoms with E-state index in [0.717, 1.165) is 12.1 Å². The minimum atomic E-state index is -0.875. The van der Waals surface area contributed by atoms with E-state index in [9.17, 15) is 9.50 Å². The number of benzene rings is 1. The Morgan fingerprint density at radius 1 is 1.54 bits per heavy atom. The van der Waals surface area contributed by atoms with Gasteiger partial charge in [0.2, 0.25) is 0 Å². The van der Waals surface area contributed by atoms with E-state index >= 15 is 0 Å². The summed E-state index contributed by atoms with van der Waals surface area (Å²) in [7, 11) is 0. The number of aliphatic hydroxyl groups excluding tert-OH is 1. The molecule has 5 N–H and O–H groups in total. The molecule has 0 spiro atoms. The summed E-state index contributed by atoms with van der Waals surface area (Å²) in [6.45, 7) is 2.71. The van der Waals surface area contributed by atoms with Gasteiger partial charge in [0.05, 0.1) is 6.10 Å². The van der Waals surface area contributed by atoms with Crippen LogP contribution in [-0.2, 0) is 0 Å². The van der Waals surface area contributed by atoms with Crippen molar-refractivity contribution in [1.29, 1.82) is 5.41 Å². The second-order valence-corrected chi connectivity index (χ2v) is 6.75. The van der Waals surface area contributed by atoms with Gasteiger partial charge in [-0.3, -0.25) is 10.4 Å². The van der Waals surface area contributed by atoms with Crippen molar-refractivity contribution in [3.8, 4) is 0 Å². The Morgan fingerprint density at radius 2 is 2.27 bits per heavy atom. The highest BCUT2D eigenvalue weighted by atomic mass is 35.5. The predicted octanol–water partition coefficient (Wildman–Crippen LogP) is 3.35. The summed E-state index contributed by atoms with van der Waals surface area (Å²) in [4.78, 5) is 4.38. The summed E-state index contributed by atoms with van der Waals surface area (Å²) in [6.07, 6.45) is 6.20. The molecule has 0 aromatic heterocycles. The maximum atomic E-state index is 13.5. The molecular weight excluding hydrogens is 355 g/mol. The van der Waals surface area contributed by atoms with E-state index in [1.54, 1.807) is 19.2 Å². The van der Waals surface area contributed by atoms with Gasteiger partial charge in [0.1, 0.15) is 11.0 Å². The number of hydrogen-bond donors (Lipinski definition) is 4. The Kier molecular flexibility index (Phi) is 7.36. The number of hydrogen-bond acceptors (Lipinski definition) is 5. The molecule has 0 aliphatic heterocycles. The van der Waals surface area contributed by atoms with Crippen molar-refractivity contribution < 1.29 is 9.50 Å². The molecule has 2 rings (SSSR count). The molecular formula is C19H24ClFN4O. The summed E-state index contributed by atoms with van der Waals surface area (Å²) in [5, 5.41) is 20.4. The highest BCUT2D eigenvalue weighted by Gasteiger charge is 2.20. The fraction of sp³-hybridized carbons (Fsp3) is 0.368. The highest BCUT2D eigenvalue weighted by Crippen LogP contribution is 2.28. The zero-order valence-corrected chi connectivity index (χ0v) is 15.4. The van der Waals surface area contributed by atoms with Gasteiger partial charge in [-0.2, -0.15) is 0 Å². The highest BCUT2D eigenvalue weighted by molar-refractivity contribution is 6.68. The fourth-order valence-electron chi connectivity index (χ4n) is 2.44. The average Bonchev–Trinajstić information content (AvgIpc) is 3.40. The van der Waals surface area contributed by atoms with Crippen LogP contribution in [0.5, 0.6) is 0 Å². The van der Waals surface area contributed by atoms with Crippen LogP contribution >= 0.6 is 11.6 Å². The van der Waals surface area contributed by atoms with Crippen molar-refractivity contribution in [2.24, 2.45) is 16.6 Å². The topological polar surface area (TPSA) is 94.5 Å². The molecule has 0 unspecified atom stereocenters. The van der Waals surface area contributed by atoms with E-state index in [2.05, 4.69) is 10.3 Å². The van der Waals surface area contributed by atoms with E-state index in [1.165, 1.54) is 37.3 Å². The number of nitrogens with zero attached hydrogens (tertiary/aromatic N) is 1. The number of allylic oxidation sites excluding steroid dienone is 1. The van der Waals surface area contributed by atoms with Crippen LogP contribution in [-0.4, -0.2) is 29.6 Å². The molecule has 5 nitrogen and oxygen atoms in total. The standard InChI is InChI=1S/C19H24ClFN4O/c1-12(26)17-6-15(21)4-5-16(17)18(7-19(20)23)25-11-14(8-22)10-24-9-13-2-3-13/h4-8,10,12-13,23,25-26H,2-3,9,11,22H2,1H3/b14-8?,18-7-,23-19?,24-10?/t12-/m1/s1. The third-order valence-electron chi connectivity index (χ3n) is 4.04. The van der Waals surface area contributed by atoms with Gasteiger partial charge < -0.3 is 16.2 Å². The molecule has 140 valence electrons. The van der Waals surface area contributed by atoms with Gasteiger partial charge >= 0.3 is 0 Å². The zero-order chi connectivity index (χ0) is 19.1. The third-order valence-corrected chi connectivity index (χ3v) is 4.15. The summed E-state index contributed by atoms with van der Waals surface area (Å²) in [6, 6.07) is 4.11. The van der Waals surface area contributed by atoms with Gasteiger partial charge in [-0.25, -0.2) is 4.39 Å². The van der Waals surface area contributed by atoms with E-state index in [4.69, 9.17) is 22.7 Å². The molecule has 1 aliphatic rings. The third kappa shape index (κ3) is 6.28. The largest absolute Gasteiger partial charge is 0.404 e. The molecule has 0 bridgehead atoms. The molecule has 0 amide bonds. The second kappa shape index (κ2) is 9.50. The first-order valence-corrected chi connectivity index (χ1v) is 8.86. The smallest absolute Gasteiger partial charge is 0.123 e. The Bertz CT molecular complexity index is 739. The van der Waals surface area contributed by atoms with Crippen LogP contribution in [0.25, 0.3) is 5.70 Å². The molecule has 0 heterocycles.